The molecule has 1 saturated heterocycles. The number of anilines is 1. The summed E-state index contributed by atoms with van der Waals surface area (Å²) in [6.45, 7) is 1.53. The van der Waals surface area contributed by atoms with Crippen LogP contribution in [0, 0.1) is 0 Å². The third-order valence-corrected chi connectivity index (χ3v) is 5.07. The third kappa shape index (κ3) is 2.12. The SMILES string of the molecule is O=c1[nH]ccc2c3[nH]c(N4CCC(O)CC4)nc3c3c[nH+]ccc3c12. The molecule has 0 radical (unpaired) electrons. The minimum Gasteiger partial charge on any atom is -0.393 e. The van der Waals surface area contributed by atoms with E-state index >= 15 is 0 Å². The lowest BCUT2D eigenvalue weighted by molar-refractivity contribution is -0.375. The van der Waals surface area contributed by atoms with Gasteiger partial charge in [0.05, 0.1) is 22.4 Å². The number of nitrogens with zero attached hydrogens (tertiary/aromatic N) is 2. The van der Waals surface area contributed by atoms with Gasteiger partial charge in [-0.3, -0.25) is 4.79 Å². The number of fused-ring (bicyclic) bond motifs is 6. The van der Waals surface area contributed by atoms with Gasteiger partial charge in [0.15, 0.2) is 12.4 Å². The summed E-state index contributed by atoms with van der Waals surface area (Å²) < 4.78 is 0. The maximum absolute atomic E-state index is 12.4. The van der Waals surface area contributed by atoms with Gasteiger partial charge < -0.3 is 20.0 Å². The zero-order chi connectivity index (χ0) is 17.0. The zero-order valence-electron chi connectivity index (χ0n) is 13.5. The number of aromatic amines is 3. The van der Waals surface area contributed by atoms with Crippen LogP contribution in [0.25, 0.3) is 32.6 Å². The zero-order valence-corrected chi connectivity index (χ0v) is 13.5. The molecule has 3 aromatic heterocycles. The highest BCUT2D eigenvalue weighted by Crippen LogP contribution is 2.32. The monoisotopic (exact) mass is 336 g/mol. The summed E-state index contributed by atoms with van der Waals surface area (Å²) in [6, 6.07) is 3.83. The van der Waals surface area contributed by atoms with Crippen LogP contribution >= 0.6 is 0 Å². The number of nitrogens with one attached hydrogen (secondary N) is 3. The van der Waals surface area contributed by atoms with E-state index in [4.69, 9.17) is 4.98 Å². The molecule has 5 rings (SSSR count). The Hall–Kier alpha value is -2.93. The molecule has 7 nitrogen and oxygen atoms in total. The number of hydrogen-bond acceptors (Lipinski definition) is 4. The number of aromatic nitrogens is 4. The molecule has 0 atom stereocenters. The second kappa shape index (κ2) is 5.29. The first-order chi connectivity index (χ1) is 12.2. The highest BCUT2D eigenvalue weighted by atomic mass is 16.3. The average Bonchev–Trinajstić information content (AvgIpc) is 3.08. The number of aliphatic hydroxyl groups excluding tert-OH is 1. The lowest BCUT2D eigenvalue weighted by atomic mass is 10.0. The Morgan fingerprint density at radius 3 is 2.88 bits per heavy atom. The van der Waals surface area contributed by atoms with Gasteiger partial charge in [0.1, 0.15) is 5.52 Å². The predicted octanol–water partition coefficient (Wildman–Crippen LogP) is 1.33. The lowest BCUT2D eigenvalue weighted by Gasteiger charge is -2.29. The standard InChI is InChI=1S/C18H17N5O2/c24-10-3-7-23(8-4-10)18-21-15-12-2-6-20-17(25)14(12)11-1-5-19-9-13(11)16(15)22-18/h1-2,5-6,9-10,24H,3-4,7-8H2,(H,20,25)(H,21,22)/p+1. The Balaban J connectivity index is 1.83. The number of H-pyrrole nitrogens is 3. The van der Waals surface area contributed by atoms with Crippen molar-refractivity contribution in [2.45, 2.75) is 18.9 Å². The van der Waals surface area contributed by atoms with Crippen molar-refractivity contribution < 1.29 is 10.1 Å². The van der Waals surface area contributed by atoms with Gasteiger partial charge in [-0.05, 0) is 18.9 Å². The first kappa shape index (κ1) is 14.4. The van der Waals surface area contributed by atoms with E-state index in [1.54, 1.807) is 6.20 Å². The molecule has 0 bridgehead atoms. The first-order valence-electron chi connectivity index (χ1n) is 8.48. The summed E-state index contributed by atoms with van der Waals surface area (Å²) in [6.07, 6.45) is 6.63. The van der Waals surface area contributed by atoms with Crippen LogP contribution in [-0.4, -0.2) is 39.3 Å². The number of benzene rings is 1. The first-order valence-corrected chi connectivity index (χ1v) is 8.48. The quantitative estimate of drug-likeness (QED) is 0.457. The number of aliphatic hydroxyl groups is 1. The molecular formula is C18H18N5O2+. The predicted molar refractivity (Wildman–Crippen MR) is 95.7 cm³/mol. The molecule has 1 fully saturated rings. The van der Waals surface area contributed by atoms with Crippen LogP contribution in [0.1, 0.15) is 12.8 Å². The third-order valence-electron chi connectivity index (χ3n) is 5.07. The molecule has 0 spiro atoms. The minimum atomic E-state index is -0.226. The molecule has 1 aliphatic rings. The van der Waals surface area contributed by atoms with Gasteiger partial charge in [-0.1, -0.05) is 0 Å². The Bertz CT molecular complexity index is 1150. The van der Waals surface area contributed by atoms with E-state index in [1.807, 2.05) is 24.5 Å². The van der Waals surface area contributed by atoms with Crippen LogP contribution in [0.4, 0.5) is 5.95 Å². The fraction of sp³-hybridized carbons (Fsp3) is 0.278. The van der Waals surface area contributed by atoms with E-state index in [2.05, 4.69) is 19.9 Å². The number of pyridine rings is 2. The highest BCUT2D eigenvalue weighted by Gasteiger charge is 2.22. The van der Waals surface area contributed by atoms with Gasteiger partial charge in [-0.2, -0.15) is 0 Å². The van der Waals surface area contributed by atoms with Gasteiger partial charge in [0, 0.05) is 36.1 Å². The largest absolute Gasteiger partial charge is 0.393 e. The van der Waals surface area contributed by atoms with Crippen LogP contribution in [0.3, 0.4) is 0 Å². The van der Waals surface area contributed by atoms with Crippen molar-refractivity contribution in [2.24, 2.45) is 0 Å². The molecule has 126 valence electrons. The summed E-state index contributed by atoms with van der Waals surface area (Å²) in [4.78, 5) is 28.7. The molecule has 1 aliphatic heterocycles. The maximum Gasteiger partial charge on any atom is 0.256 e. The van der Waals surface area contributed by atoms with E-state index < -0.39 is 0 Å². The van der Waals surface area contributed by atoms with E-state index in [1.165, 1.54) is 0 Å². The molecule has 0 saturated carbocycles. The van der Waals surface area contributed by atoms with Crippen molar-refractivity contribution in [3.05, 3.63) is 41.1 Å². The maximum atomic E-state index is 12.4. The van der Waals surface area contributed by atoms with Crippen molar-refractivity contribution >= 4 is 38.5 Å². The summed E-state index contributed by atoms with van der Waals surface area (Å²) in [7, 11) is 0. The van der Waals surface area contributed by atoms with E-state index in [9.17, 15) is 9.90 Å². The molecule has 4 N–H and O–H groups in total. The fourth-order valence-corrected chi connectivity index (χ4v) is 3.78. The van der Waals surface area contributed by atoms with Crippen molar-refractivity contribution in [1.82, 2.24) is 15.0 Å². The number of imidazole rings is 1. The highest BCUT2D eigenvalue weighted by molar-refractivity contribution is 6.22. The van der Waals surface area contributed by atoms with Gasteiger partial charge in [-0.25, -0.2) is 9.97 Å². The van der Waals surface area contributed by atoms with Crippen LogP contribution < -0.4 is 15.4 Å². The van der Waals surface area contributed by atoms with E-state index in [0.717, 1.165) is 59.1 Å². The smallest absolute Gasteiger partial charge is 0.256 e. The van der Waals surface area contributed by atoms with E-state index in [0.29, 0.717) is 5.39 Å². The Labute approximate surface area is 142 Å². The number of rotatable bonds is 1. The summed E-state index contributed by atoms with van der Waals surface area (Å²) in [5.41, 5.74) is 1.62. The molecule has 0 aliphatic carbocycles. The second-order valence-electron chi connectivity index (χ2n) is 6.57. The summed E-state index contributed by atoms with van der Waals surface area (Å²) in [5, 5.41) is 13.1. The fourth-order valence-electron chi connectivity index (χ4n) is 3.78. The molecule has 0 unspecified atom stereocenters. The summed E-state index contributed by atoms with van der Waals surface area (Å²) >= 11 is 0. The number of hydrogen-bond donors (Lipinski definition) is 3. The molecule has 4 aromatic rings. The van der Waals surface area contributed by atoms with Crippen LogP contribution in [0.15, 0.2) is 35.5 Å². The van der Waals surface area contributed by atoms with Gasteiger partial charge in [0.25, 0.3) is 5.56 Å². The topological polar surface area (TPSA) is 99.2 Å². The van der Waals surface area contributed by atoms with Gasteiger partial charge in [0.2, 0.25) is 5.95 Å². The average molecular weight is 336 g/mol. The molecule has 4 heterocycles. The van der Waals surface area contributed by atoms with Crippen LogP contribution in [0.2, 0.25) is 0 Å². The Kier molecular flexibility index (Phi) is 3.05. The minimum absolute atomic E-state index is 0.104. The van der Waals surface area contributed by atoms with Crippen LogP contribution in [0.5, 0.6) is 0 Å². The number of piperidine rings is 1. The van der Waals surface area contributed by atoms with E-state index in [-0.39, 0.29) is 11.7 Å². The Morgan fingerprint density at radius 2 is 2.04 bits per heavy atom. The van der Waals surface area contributed by atoms with Crippen molar-refractivity contribution in [1.29, 1.82) is 0 Å². The lowest BCUT2D eigenvalue weighted by Crippen LogP contribution is -2.36. The van der Waals surface area contributed by atoms with Gasteiger partial charge in [-0.15, -0.1) is 0 Å². The normalized spacial score (nSPS) is 16.3. The molecule has 25 heavy (non-hydrogen) atoms. The van der Waals surface area contributed by atoms with Crippen molar-refractivity contribution in [2.75, 3.05) is 18.0 Å². The molecule has 0 amide bonds. The van der Waals surface area contributed by atoms with Gasteiger partial charge >= 0.3 is 0 Å². The molecule has 1 aromatic carbocycles. The van der Waals surface area contributed by atoms with Crippen LogP contribution in [-0.2, 0) is 0 Å². The second-order valence-corrected chi connectivity index (χ2v) is 6.57. The Morgan fingerprint density at radius 1 is 1.20 bits per heavy atom. The van der Waals surface area contributed by atoms with Crippen molar-refractivity contribution in [3.63, 3.8) is 0 Å². The van der Waals surface area contributed by atoms with Crippen molar-refractivity contribution in [3.8, 4) is 0 Å². The molecular weight excluding hydrogens is 318 g/mol. The molecule has 7 heteroatoms. The summed E-state index contributed by atoms with van der Waals surface area (Å²) in [5.74, 6) is 0.792.